The van der Waals surface area contributed by atoms with Crippen LogP contribution in [0.25, 0.3) is 0 Å². The number of nitrogens with zero attached hydrogens (tertiary/aromatic N) is 4. The van der Waals surface area contributed by atoms with Gasteiger partial charge in [0.15, 0.2) is 0 Å². The third kappa shape index (κ3) is 5.19. The molecular formula is C27H41N4O4S+. The number of benzene rings is 1. The van der Waals surface area contributed by atoms with E-state index in [4.69, 9.17) is 0 Å². The summed E-state index contributed by atoms with van der Waals surface area (Å²) in [5.74, 6) is 0.829. The molecule has 0 radical (unpaired) electrons. The van der Waals surface area contributed by atoms with Gasteiger partial charge < -0.3 is 4.90 Å². The normalized spacial score (nSPS) is 30.8. The summed E-state index contributed by atoms with van der Waals surface area (Å²) in [6.07, 6.45) is 7.96. The zero-order valence-corrected chi connectivity index (χ0v) is 22.3. The third-order valence-corrected chi connectivity index (χ3v) is 11.0. The van der Waals surface area contributed by atoms with E-state index in [0.29, 0.717) is 31.5 Å². The zero-order chi connectivity index (χ0) is 25.3. The van der Waals surface area contributed by atoms with Gasteiger partial charge in [0.1, 0.15) is 16.8 Å². The number of sulfonamides is 1. The average molecular weight is 518 g/mol. The van der Waals surface area contributed by atoms with Gasteiger partial charge >= 0.3 is 0 Å². The van der Waals surface area contributed by atoms with Crippen molar-refractivity contribution in [3.63, 3.8) is 0 Å². The molecule has 36 heavy (non-hydrogen) atoms. The maximum atomic E-state index is 13.6. The summed E-state index contributed by atoms with van der Waals surface area (Å²) in [6.45, 7) is 5.35. The minimum Gasteiger partial charge on any atom is -0.342 e. The van der Waals surface area contributed by atoms with Gasteiger partial charge in [-0.1, -0.05) is 43.2 Å². The molecule has 1 aromatic carbocycles. The first-order valence-corrected chi connectivity index (χ1v) is 15.5. The molecular weight excluding hydrogens is 476 g/mol. The third-order valence-electron chi connectivity index (χ3n) is 9.15. The van der Waals surface area contributed by atoms with Crippen molar-refractivity contribution < 1.29 is 18.1 Å². The van der Waals surface area contributed by atoms with Crippen LogP contribution in [0.2, 0.25) is 0 Å². The van der Waals surface area contributed by atoms with E-state index in [2.05, 4.69) is 0 Å². The smallest absolute Gasteiger partial charge is 0.245 e. The monoisotopic (exact) mass is 517 g/mol. The summed E-state index contributed by atoms with van der Waals surface area (Å²) in [4.78, 5) is 29.7. The number of hydrogen-bond acceptors (Lipinski definition) is 4. The number of hydrogen-bond donors (Lipinski definition) is 0. The van der Waals surface area contributed by atoms with Gasteiger partial charge in [0.05, 0.1) is 17.2 Å². The fraction of sp³-hybridized carbons (Fsp3) is 0.741. The van der Waals surface area contributed by atoms with Gasteiger partial charge in [0, 0.05) is 33.1 Å². The second-order valence-electron chi connectivity index (χ2n) is 11.3. The summed E-state index contributed by atoms with van der Waals surface area (Å²) >= 11 is 0. The maximum Gasteiger partial charge on any atom is 0.245 e. The van der Waals surface area contributed by atoms with Crippen molar-refractivity contribution in [2.45, 2.75) is 76.1 Å². The molecule has 198 valence electrons. The number of nitroso groups, excluding NO2 is 1. The van der Waals surface area contributed by atoms with Crippen LogP contribution in [0.3, 0.4) is 0 Å². The standard InChI is InChI=1S/C27H41N4O4S/c1-21-26(27(32)28-14-7-2-3-8-15-28)25-19-24(13-18-30(25)31(21)33)23-11-16-29(17-12-23)36(34,35)20-22-9-5-4-6-10-22/h4-6,9-10,21,23-26H,2-3,7-8,11-20H2,1H3/q+1. The molecule has 0 saturated carbocycles. The predicted molar refractivity (Wildman–Crippen MR) is 138 cm³/mol. The van der Waals surface area contributed by atoms with Gasteiger partial charge in [-0.25, -0.2) is 12.7 Å². The van der Waals surface area contributed by atoms with E-state index in [0.717, 1.165) is 62.0 Å². The van der Waals surface area contributed by atoms with Crippen molar-refractivity contribution in [1.29, 1.82) is 0 Å². The van der Waals surface area contributed by atoms with Crippen molar-refractivity contribution in [2.24, 2.45) is 17.8 Å². The Morgan fingerprint density at radius 3 is 2.22 bits per heavy atom. The number of likely N-dealkylation sites (tertiary alicyclic amines) is 1. The highest BCUT2D eigenvalue weighted by atomic mass is 32.2. The van der Waals surface area contributed by atoms with Crippen LogP contribution in [0.5, 0.6) is 0 Å². The SMILES string of the molecule is CC1C(C(=O)N2CCCCCC2)C2CC(C3CCN(S(=O)(=O)Cc4ccccc4)CC3)CCN2[N+]1=O. The van der Waals surface area contributed by atoms with E-state index >= 15 is 0 Å². The Labute approximate surface area is 215 Å². The summed E-state index contributed by atoms with van der Waals surface area (Å²) in [5, 5.41) is 1.92. The fourth-order valence-electron chi connectivity index (χ4n) is 7.09. The van der Waals surface area contributed by atoms with Crippen LogP contribution in [0.1, 0.15) is 63.9 Å². The van der Waals surface area contributed by atoms with E-state index in [1.165, 1.54) is 12.8 Å². The van der Waals surface area contributed by atoms with Gasteiger partial charge in [-0.05, 0) is 55.9 Å². The maximum absolute atomic E-state index is 13.6. The molecule has 9 heteroatoms. The molecule has 0 aliphatic carbocycles. The van der Waals surface area contributed by atoms with Crippen molar-refractivity contribution in [1.82, 2.24) is 14.2 Å². The highest BCUT2D eigenvalue weighted by Gasteiger charge is 2.59. The van der Waals surface area contributed by atoms with E-state index in [1.807, 2.05) is 47.2 Å². The molecule has 0 spiro atoms. The summed E-state index contributed by atoms with van der Waals surface area (Å²) < 4.78 is 27.6. The zero-order valence-electron chi connectivity index (χ0n) is 21.5. The first kappa shape index (κ1) is 25.6. The van der Waals surface area contributed by atoms with Crippen molar-refractivity contribution >= 4 is 15.9 Å². The van der Waals surface area contributed by atoms with Crippen LogP contribution < -0.4 is 0 Å². The van der Waals surface area contributed by atoms with Crippen LogP contribution in [-0.4, -0.2) is 78.2 Å². The van der Waals surface area contributed by atoms with Crippen molar-refractivity contribution in [2.75, 3.05) is 32.7 Å². The first-order chi connectivity index (χ1) is 17.3. The molecule has 4 saturated heterocycles. The van der Waals surface area contributed by atoms with Crippen molar-refractivity contribution in [3.8, 4) is 0 Å². The average Bonchev–Trinajstić information content (AvgIpc) is 3.06. The van der Waals surface area contributed by atoms with E-state index in [-0.39, 0.29) is 29.7 Å². The minimum absolute atomic E-state index is 0.0353. The quantitative estimate of drug-likeness (QED) is 0.559. The molecule has 4 aliphatic rings. The van der Waals surface area contributed by atoms with Gasteiger partial charge in [0.25, 0.3) is 0 Å². The lowest BCUT2D eigenvalue weighted by Crippen LogP contribution is -2.49. The summed E-state index contributed by atoms with van der Waals surface area (Å²) in [6, 6.07) is 9.02. The van der Waals surface area contributed by atoms with Crippen LogP contribution >= 0.6 is 0 Å². The molecule has 0 N–H and O–H groups in total. The molecule has 0 bridgehead atoms. The number of carbonyl (C=O) groups excluding carboxylic acids is 1. The predicted octanol–water partition coefficient (Wildman–Crippen LogP) is 3.42. The molecule has 4 unspecified atom stereocenters. The van der Waals surface area contributed by atoms with Crippen LogP contribution in [-0.2, 0) is 20.6 Å². The molecule has 4 atom stereocenters. The minimum atomic E-state index is -3.33. The van der Waals surface area contributed by atoms with Gasteiger partial charge in [-0.15, -0.1) is 5.01 Å². The molecule has 4 heterocycles. The highest BCUT2D eigenvalue weighted by Crippen LogP contribution is 2.42. The Balaban J connectivity index is 1.21. The van der Waals surface area contributed by atoms with Crippen LogP contribution in [0.15, 0.2) is 30.3 Å². The molecule has 5 rings (SSSR count). The summed E-state index contributed by atoms with van der Waals surface area (Å²) in [7, 11) is -3.33. The van der Waals surface area contributed by atoms with Gasteiger partial charge in [-0.3, -0.25) is 4.79 Å². The lowest BCUT2D eigenvalue weighted by Gasteiger charge is -2.40. The number of rotatable bonds is 5. The van der Waals surface area contributed by atoms with Crippen molar-refractivity contribution in [3.05, 3.63) is 40.8 Å². The topological polar surface area (TPSA) is 81.0 Å². The Morgan fingerprint density at radius 1 is 0.917 bits per heavy atom. The lowest BCUT2D eigenvalue weighted by atomic mass is 9.74. The van der Waals surface area contributed by atoms with Gasteiger partial charge in [-0.2, -0.15) is 0 Å². The second-order valence-corrected chi connectivity index (χ2v) is 13.3. The number of carbonyl (C=O) groups is 1. The Kier molecular flexibility index (Phi) is 7.67. The second kappa shape index (κ2) is 10.8. The molecule has 1 amide bonds. The number of amides is 1. The fourth-order valence-corrected chi connectivity index (χ4v) is 8.65. The Hall–Kier alpha value is -2.00. The number of piperidine rings is 2. The van der Waals surface area contributed by atoms with E-state index in [9.17, 15) is 18.1 Å². The molecule has 1 aromatic rings. The van der Waals surface area contributed by atoms with Crippen LogP contribution in [0.4, 0.5) is 0 Å². The molecule has 4 aliphatic heterocycles. The Bertz CT molecular complexity index is 1030. The molecule has 8 nitrogen and oxygen atoms in total. The van der Waals surface area contributed by atoms with E-state index < -0.39 is 10.0 Å². The van der Waals surface area contributed by atoms with Gasteiger partial charge in [0.2, 0.25) is 22.0 Å². The largest absolute Gasteiger partial charge is 0.342 e. The van der Waals surface area contributed by atoms with E-state index in [1.54, 1.807) is 4.31 Å². The highest BCUT2D eigenvalue weighted by molar-refractivity contribution is 7.88. The number of hydrazine groups is 1. The first-order valence-electron chi connectivity index (χ1n) is 13.9. The van der Waals surface area contributed by atoms with Crippen LogP contribution in [0, 0.1) is 22.7 Å². The molecule has 0 aromatic heterocycles. The number of fused-ring (bicyclic) bond motifs is 1. The molecule has 4 fully saturated rings. The summed E-state index contributed by atoms with van der Waals surface area (Å²) in [5.41, 5.74) is 0.824. The Morgan fingerprint density at radius 2 is 1.56 bits per heavy atom. The lowest BCUT2D eigenvalue weighted by molar-refractivity contribution is -0.716.